The van der Waals surface area contributed by atoms with E-state index in [1.165, 1.54) is 6.07 Å². The van der Waals surface area contributed by atoms with Crippen LogP contribution in [0.5, 0.6) is 0 Å². The van der Waals surface area contributed by atoms with E-state index >= 15 is 0 Å². The highest BCUT2D eigenvalue weighted by Crippen LogP contribution is 2.19. The predicted octanol–water partition coefficient (Wildman–Crippen LogP) is 4.82. The molecule has 1 aromatic carbocycles. The van der Waals surface area contributed by atoms with Gasteiger partial charge < -0.3 is 0 Å². The fourth-order valence-electron chi connectivity index (χ4n) is 2.19. The quantitative estimate of drug-likeness (QED) is 0.645. The fourth-order valence-corrected chi connectivity index (χ4v) is 2.81. The van der Waals surface area contributed by atoms with Crippen molar-refractivity contribution >= 4 is 27.5 Å². The maximum Gasteiger partial charge on any atom is 0.127 e. The maximum absolute atomic E-state index is 13.8. The smallest absolute Gasteiger partial charge is 0.127 e. The minimum absolute atomic E-state index is 0.149. The molecule has 1 aromatic rings. The molecule has 0 heterocycles. The van der Waals surface area contributed by atoms with E-state index in [4.69, 9.17) is 11.6 Å². The monoisotopic (exact) mass is 335 g/mol. The van der Waals surface area contributed by atoms with Crippen molar-refractivity contribution < 1.29 is 4.39 Å². The lowest BCUT2D eigenvalue weighted by atomic mass is 10.1. The van der Waals surface area contributed by atoms with Crippen molar-refractivity contribution in [2.45, 2.75) is 39.3 Å². The summed E-state index contributed by atoms with van der Waals surface area (Å²) < 4.78 is 14.7. The van der Waals surface area contributed by atoms with Crippen LogP contribution in [0.2, 0.25) is 0 Å². The van der Waals surface area contributed by atoms with Crippen molar-refractivity contribution in [2.24, 2.45) is 0 Å². The average molecular weight is 337 g/mol. The fraction of sp³-hybridized carbons (Fsp3) is 0.571. The first kappa shape index (κ1) is 15.9. The summed E-state index contributed by atoms with van der Waals surface area (Å²) in [6, 6.07) is 5.54. The average Bonchev–Trinajstić information content (AvgIpc) is 2.35. The number of alkyl halides is 1. The molecule has 0 atom stereocenters. The second kappa shape index (κ2) is 8.13. The molecule has 0 bridgehead atoms. The van der Waals surface area contributed by atoms with Gasteiger partial charge in [0.25, 0.3) is 0 Å². The number of halogens is 3. The zero-order chi connectivity index (χ0) is 13.5. The van der Waals surface area contributed by atoms with E-state index < -0.39 is 0 Å². The normalized spacial score (nSPS) is 11.5. The summed E-state index contributed by atoms with van der Waals surface area (Å²) in [5, 5.41) is 0. The molecule has 0 N–H and O–H groups in total. The highest BCUT2D eigenvalue weighted by Gasteiger charge is 2.16. The third-order valence-electron chi connectivity index (χ3n) is 3.21. The molecular formula is C14H20BrClFN. The van der Waals surface area contributed by atoms with Gasteiger partial charge in [0, 0.05) is 35.0 Å². The van der Waals surface area contributed by atoms with Crippen LogP contribution < -0.4 is 0 Å². The van der Waals surface area contributed by atoms with Gasteiger partial charge >= 0.3 is 0 Å². The van der Waals surface area contributed by atoms with Crippen molar-refractivity contribution in [3.05, 3.63) is 34.1 Å². The van der Waals surface area contributed by atoms with Gasteiger partial charge in [-0.05, 0) is 31.0 Å². The summed E-state index contributed by atoms with van der Waals surface area (Å²) in [5.74, 6) is 0.426. The minimum atomic E-state index is -0.149. The molecule has 0 aliphatic rings. The third-order valence-corrected chi connectivity index (χ3v) is 3.87. The van der Waals surface area contributed by atoms with Crippen molar-refractivity contribution in [3.63, 3.8) is 0 Å². The molecule has 0 radical (unpaired) electrons. The van der Waals surface area contributed by atoms with Gasteiger partial charge in [0.05, 0.1) is 0 Å². The SMILES string of the molecule is CCC(CC)N(CCCl)Cc1cc(Br)ccc1F. The molecule has 1 nitrogen and oxygen atoms in total. The molecule has 0 aliphatic heterocycles. The Balaban J connectivity index is 2.85. The molecule has 0 amide bonds. The first-order chi connectivity index (χ1) is 8.62. The Morgan fingerprint density at radius 2 is 2.00 bits per heavy atom. The maximum atomic E-state index is 13.8. The Morgan fingerprint density at radius 1 is 1.33 bits per heavy atom. The Kier molecular flexibility index (Phi) is 7.20. The molecule has 102 valence electrons. The van der Waals surface area contributed by atoms with Gasteiger partial charge in [-0.15, -0.1) is 11.6 Å². The molecule has 1 rings (SSSR count). The Hall–Kier alpha value is -0.120. The molecule has 0 fully saturated rings. The lowest BCUT2D eigenvalue weighted by molar-refractivity contribution is 0.186. The molecule has 0 aromatic heterocycles. The number of benzene rings is 1. The van der Waals surface area contributed by atoms with E-state index in [2.05, 4.69) is 34.7 Å². The number of hydrogen-bond donors (Lipinski definition) is 0. The van der Waals surface area contributed by atoms with Crippen molar-refractivity contribution in [1.82, 2.24) is 4.90 Å². The van der Waals surface area contributed by atoms with E-state index in [1.54, 1.807) is 6.07 Å². The van der Waals surface area contributed by atoms with E-state index in [-0.39, 0.29) is 5.82 Å². The van der Waals surface area contributed by atoms with E-state index in [1.807, 2.05) is 6.07 Å². The Bertz CT molecular complexity index is 369. The zero-order valence-electron chi connectivity index (χ0n) is 10.9. The third kappa shape index (κ3) is 4.52. The lowest BCUT2D eigenvalue weighted by Gasteiger charge is -2.30. The Morgan fingerprint density at radius 3 is 2.56 bits per heavy atom. The second-order valence-electron chi connectivity index (χ2n) is 4.37. The summed E-state index contributed by atoms with van der Waals surface area (Å²) in [5.41, 5.74) is 0.724. The topological polar surface area (TPSA) is 3.24 Å². The molecule has 0 aliphatic carbocycles. The summed E-state index contributed by atoms with van der Waals surface area (Å²) >= 11 is 9.23. The molecule has 18 heavy (non-hydrogen) atoms. The van der Waals surface area contributed by atoms with Crippen LogP contribution in [0.25, 0.3) is 0 Å². The molecule has 0 unspecified atom stereocenters. The Labute approximate surface area is 122 Å². The van der Waals surface area contributed by atoms with Crippen LogP contribution in [0.1, 0.15) is 32.3 Å². The number of rotatable bonds is 7. The number of nitrogens with zero attached hydrogens (tertiary/aromatic N) is 1. The molecular weight excluding hydrogens is 317 g/mol. The predicted molar refractivity (Wildman–Crippen MR) is 79.6 cm³/mol. The van der Waals surface area contributed by atoms with Gasteiger partial charge in [0.2, 0.25) is 0 Å². The summed E-state index contributed by atoms with van der Waals surface area (Å²) in [6.07, 6.45) is 2.12. The zero-order valence-corrected chi connectivity index (χ0v) is 13.3. The molecule has 0 saturated carbocycles. The summed E-state index contributed by atoms with van der Waals surface area (Å²) in [7, 11) is 0. The van der Waals surface area contributed by atoms with Gasteiger partial charge in [-0.25, -0.2) is 4.39 Å². The lowest BCUT2D eigenvalue weighted by Crippen LogP contribution is -2.35. The van der Waals surface area contributed by atoms with Crippen molar-refractivity contribution in [3.8, 4) is 0 Å². The largest absolute Gasteiger partial charge is 0.295 e. The van der Waals surface area contributed by atoms with Crippen molar-refractivity contribution in [1.29, 1.82) is 0 Å². The van der Waals surface area contributed by atoms with Gasteiger partial charge in [-0.2, -0.15) is 0 Å². The van der Waals surface area contributed by atoms with Crippen LogP contribution in [0, 0.1) is 5.82 Å². The summed E-state index contributed by atoms with van der Waals surface area (Å²) in [6.45, 7) is 5.73. The second-order valence-corrected chi connectivity index (χ2v) is 5.66. The highest BCUT2D eigenvalue weighted by atomic mass is 79.9. The van der Waals surface area contributed by atoms with Crippen LogP contribution >= 0.6 is 27.5 Å². The van der Waals surface area contributed by atoms with E-state index in [0.29, 0.717) is 18.5 Å². The van der Waals surface area contributed by atoms with E-state index in [9.17, 15) is 4.39 Å². The van der Waals surface area contributed by atoms with Crippen LogP contribution in [0.4, 0.5) is 4.39 Å². The van der Waals surface area contributed by atoms with Crippen LogP contribution in [-0.4, -0.2) is 23.4 Å². The van der Waals surface area contributed by atoms with Gasteiger partial charge in [-0.3, -0.25) is 4.90 Å². The highest BCUT2D eigenvalue weighted by molar-refractivity contribution is 9.10. The minimum Gasteiger partial charge on any atom is -0.295 e. The molecule has 4 heteroatoms. The molecule has 0 spiro atoms. The standard InChI is InChI=1S/C14H20BrClFN/c1-3-13(4-2)18(8-7-16)10-11-9-12(15)5-6-14(11)17/h5-6,9,13H,3-4,7-8,10H2,1-2H3. The first-order valence-corrected chi connectivity index (χ1v) is 7.69. The van der Waals surface area contributed by atoms with Crippen LogP contribution in [0.3, 0.4) is 0 Å². The van der Waals surface area contributed by atoms with Gasteiger partial charge in [0.15, 0.2) is 0 Å². The van der Waals surface area contributed by atoms with Gasteiger partial charge in [0.1, 0.15) is 5.82 Å². The first-order valence-electron chi connectivity index (χ1n) is 6.36. The molecule has 0 saturated heterocycles. The summed E-state index contributed by atoms with van der Waals surface area (Å²) in [4.78, 5) is 2.26. The van der Waals surface area contributed by atoms with Crippen LogP contribution in [0.15, 0.2) is 22.7 Å². The number of hydrogen-bond acceptors (Lipinski definition) is 1. The van der Waals surface area contributed by atoms with Crippen molar-refractivity contribution in [2.75, 3.05) is 12.4 Å². The van der Waals surface area contributed by atoms with Crippen LogP contribution in [-0.2, 0) is 6.54 Å². The van der Waals surface area contributed by atoms with Gasteiger partial charge in [-0.1, -0.05) is 29.8 Å². The van der Waals surface area contributed by atoms with E-state index in [0.717, 1.165) is 29.4 Å².